The summed E-state index contributed by atoms with van der Waals surface area (Å²) in [6.07, 6.45) is 0.126. The van der Waals surface area contributed by atoms with E-state index in [9.17, 15) is 28.4 Å². The molecule has 4 atom stereocenters. The van der Waals surface area contributed by atoms with Crippen LogP contribution in [0.3, 0.4) is 0 Å². The van der Waals surface area contributed by atoms with E-state index in [0.717, 1.165) is 5.56 Å². The summed E-state index contributed by atoms with van der Waals surface area (Å²) in [7, 11) is 1.49. The number of carbonyl (C=O) groups excluding carboxylic acids is 5. The van der Waals surface area contributed by atoms with Crippen molar-refractivity contribution in [1.29, 1.82) is 0 Å². The van der Waals surface area contributed by atoms with Crippen molar-refractivity contribution in [3.63, 3.8) is 0 Å². The fourth-order valence-corrected chi connectivity index (χ4v) is 6.32. The third kappa shape index (κ3) is 6.35. The number of rotatable bonds is 11. The van der Waals surface area contributed by atoms with Crippen molar-refractivity contribution in [2.24, 2.45) is 5.92 Å². The summed E-state index contributed by atoms with van der Waals surface area (Å²) < 4.78 is 18.7. The van der Waals surface area contributed by atoms with Crippen molar-refractivity contribution in [2.45, 2.75) is 63.7 Å². The molecule has 3 aromatic rings. The Kier molecular flexibility index (Phi) is 9.22. The topological polar surface area (TPSA) is 154 Å². The molecule has 5 rings (SSSR count). The van der Waals surface area contributed by atoms with Gasteiger partial charge in [0.05, 0.1) is 5.41 Å². The molecule has 242 valence electrons. The number of likely N-dealkylation sites (N-methyl/N-ethyl adjacent to an activating group) is 1. The zero-order valence-electron chi connectivity index (χ0n) is 26.1. The summed E-state index contributed by atoms with van der Waals surface area (Å²) in [5, 5.41) is 12.0. The van der Waals surface area contributed by atoms with Crippen LogP contribution in [-0.4, -0.2) is 76.8 Å². The first-order valence-corrected chi connectivity index (χ1v) is 15.1. The Balaban J connectivity index is 1.45. The normalized spacial score (nSPS) is 19.8. The molecule has 1 saturated heterocycles. The quantitative estimate of drug-likeness (QED) is 0.275. The van der Waals surface area contributed by atoms with Gasteiger partial charge in [0, 0.05) is 38.2 Å². The van der Waals surface area contributed by atoms with E-state index >= 15 is 0 Å². The van der Waals surface area contributed by atoms with Gasteiger partial charge in [-0.2, -0.15) is 0 Å². The minimum Gasteiger partial charge on any atom is -0.361 e. The van der Waals surface area contributed by atoms with E-state index in [0.29, 0.717) is 23.4 Å². The number of likely N-dealkylation sites (tertiary alicyclic amines) is 1. The average molecular weight is 633 g/mol. The molecule has 46 heavy (non-hydrogen) atoms. The number of aryl methyl sites for hydroxylation is 1. The second kappa shape index (κ2) is 13.1. The van der Waals surface area contributed by atoms with Crippen LogP contribution in [0.15, 0.2) is 59.1 Å². The van der Waals surface area contributed by atoms with Crippen molar-refractivity contribution < 1.29 is 32.9 Å². The lowest BCUT2D eigenvalue weighted by molar-refractivity contribution is -0.147. The molecule has 2 aliphatic heterocycles. The number of anilines is 1. The van der Waals surface area contributed by atoms with Gasteiger partial charge in [-0.1, -0.05) is 49.3 Å². The molecule has 2 aromatic carbocycles. The van der Waals surface area contributed by atoms with Gasteiger partial charge >= 0.3 is 0 Å². The van der Waals surface area contributed by atoms with Crippen molar-refractivity contribution in [3.8, 4) is 0 Å². The number of hydrogen-bond donors (Lipinski definition) is 3. The number of halogens is 1. The largest absolute Gasteiger partial charge is 0.361 e. The Morgan fingerprint density at radius 1 is 1.20 bits per heavy atom. The number of hydrogen-bond acceptors (Lipinski definition) is 7. The monoisotopic (exact) mass is 632 g/mol. The van der Waals surface area contributed by atoms with Crippen LogP contribution in [0.4, 0.5) is 10.1 Å². The molecule has 3 heterocycles. The van der Waals surface area contributed by atoms with E-state index in [2.05, 4.69) is 21.1 Å². The molecule has 5 amide bonds. The summed E-state index contributed by atoms with van der Waals surface area (Å²) in [5.41, 5.74) is 0.876. The minimum atomic E-state index is -1.15. The van der Waals surface area contributed by atoms with Crippen LogP contribution in [0.5, 0.6) is 0 Å². The lowest BCUT2D eigenvalue weighted by Gasteiger charge is -2.36. The summed E-state index contributed by atoms with van der Waals surface area (Å²) in [6.45, 7) is 5.45. The number of aromatic nitrogens is 1. The van der Waals surface area contributed by atoms with Gasteiger partial charge in [-0.3, -0.25) is 24.0 Å². The Hall–Kier alpha value is -5.07. The fraction of sp³-hybridized carbons (Fsp3) is 0.394. The molecule has 0 aliphatic carbocycles. The highest BCUT2D eigenvalue weighted by molar-refractivity contribution is 6.07. The van der Waals surface area contributed by atoms with Crippen molar-refractivity contribution in [3.05, 3.63) is 83.0 Å². The van der Waals surface area contributed by atoms with Gasteiger partial charge in [0.15, 0.2) is 5.69 Å². The fourth-order valence-electron chi connectivity index (χ4n) is 6.32. The van der Waals surface area contributed by atoms with E-state index in [1.165, 1.54) is 47.2 Å². The van der Waals surface area contributed by atoms with Gasteiger partial charge in [0.25, 0.3) is 5.91 Å². The number of carbonyl (C=O) groups is 5. The minimum absolute atomic E-state index is 0.00192. The van der Waals surface area contributed by atoms with Gasteiger partial charge in [-0.15, -0.1) is 0 Å². The number of para-hydroxylation sites is 1. The molecule has 1 fully saturated rings. The van der Waals surface area contributed by atoms with Gasteiger partial charge in [0.1, 0.15) is 29.8 Å². The summed E-state index contributed by atoms with van der Waals surface area (Å²) in [6, 6.07) is 12.1. The highest BCUT2D eigenvalue weighted by Crippen LogP contribution is 2.46. The van der Waals surface area contributed by atoms with Crippen LogP contribution in [0, 0.1) is 18.7 Å². The number of nitrogens with zero attached hydrogens (tertiary/aromatic N) is 3. The van der Waals surface area contributed by atoms with Gasteiger partial charge in [0.2, 0.25) is 24.1 Å². The lowest BCUT2D eigenvalue weighted by atomic mass is 9.80. The predicted octanol–water partition coefficient (Wildman–Crippen LogP) is 2.53. The van der Waals surface area contributed by atoms with Crippen LogP contribution in [0.1, 0.15) is 54.1 Å². The maximum absolute atomic E-state index is 14.4. The number of nitrogens with one attached hydrogen (secondary N) is 3. The van der Waals surface area contributed by atoms with Gasteiger partial charge in [-0.05, 0) is 48.6 Å². The highest BCUT2D eigenvalue weighted by Gasteiger charge is 2.56. The third-order valence-corrected chi connectivity index (χ3v) is 8.64. The lowest BCUT2D eigenvalue weighted by Crippen LogP contribution is -2.57. The Bertz CT molecular complexity index is 1640. The Morgan fingerprint density at radius 2 is 1.91 bits per heavy atom. The maximum Gasteiger partial charge on any atom is 0.274 e. The number of fused-ring (bicyclic) bond motifs is 2. The Labute approximate surface area is 265 Å². The van der Waals surface area contributed by atoms with Gasteiger partial charge in [-0.25, -0.2) is 4.39 Å². The molecule has 3 N–H and O–H groups in total. The molecule has 0 radical (unpaired) electrons. The molecule has 13 heteroatoms. The van der Waals surface area contributed by atoms with Crippen LogP contribution >= 0.6 is 0 Å². The van der Waals surface area contributed by atoms with Crippen molar-refractivity contribution >= 4 is 35.7 Å². The van der Waals surface area contributed by atoms with E-state index < -0.39 is 47.2 Å². The molecule has 0 saturated carbocycles. The molecule has 1 spiro atoms. The highest BCUT2D eigenvalue weighted by atomic mass is 19.1. The van der Waals surface area contributed by atoms with E-state index in [1.54, 1.807) is 19.1 Å². The van der Waals surface area contributed by atoms with Crippen LogP contribution in [0.2, 0.25) is 0 Å². The van der Waals surface area contributed by atoms with Crippen LogP contribution in [-0.2, 0) is 31.0 Å². The third-order valence-electron chi connectivity index (χ3n) is 8.64. The molecular formula is C33H37FN6O6. The predicted molar refractivity (Wildman–Crippen MR) is 165 cm³/mol. The smallest absolute Gasteiger partial charge is 0.274 e. The first-order chi connectivity index (χ1) is 21.9. The van der Waals surface area contributed by atoms with Crippen LogP contribution < -0.4 is 16.0 Å². The maximum atomic E-state index is 14.4. The first kappa shape index (κ1) is 32.3. The first-order valence-electron chi connectivity index (χ1n) is 15.1. The van der Waals surface area contributed by atoms with E-state index in [-0.39, 0.29) is 43.3 Å². The molecule has 1 aromatic heterocycles. The zero-order valence-corrected chi connectivity index (χ0v) is 26.1. The van der Waals surface area contributed by atoms with Crippen molar-refractivity contribution in [2.75, 3.05) is 18.9 Å². The molecule has 12 nitrogen and oxygen atoms in total. The SMILES string of the molecule is Cc1cc(C(=O)N[C@@H](Cc2ccc(F)cc2)C(=O)N(C)[C@@H](CC(C)C)C(=O)N2C[C@]3(C[C@H]2NC=O)C(=O)Nc2ccccc23)no1. The van der Waals surface area contributed by atoms with E-state index in [4.69, 9.17) is 4.52 Å². The van der Waals surface area contributed by atoms with Crippen molar-refractivity contribution in [1.82, 2.24) is 25.6 Å². The number of benzene rings is 2. The van der Waals surface area contributed by atoms with Crippen LogP contribution in [0.25, 0.3) is 0 Å². The van der Waals surface area contributed by atoms with E-state index in [1.807, 2.05) is 26.0 Å². The standard InChI is InChI=1S/C33H37FN6O6/c1-19(2)13-27(31(44)40-17-33(16-28(40)35-18-41)23-7-5-6-8-24(23)37-32(33)45)39(4)30(43)26(15-21-9-11-22(34)12-10-21)36-29(42)25-14-20(3)46-38-25/h5-12,14,18-19,26-28H,13,15-17H2,1-4H3,(H,35,41)(H,36,42)(H,37,45)/t26-,27-,28-,33-/m0/s1. The zero-order chi connectivity index (χ0) is 33.2. The number of amides is 5. The second-order valence-electron chi connectivity index (χ2n) is 12.3. The average Bonchev–Trinajstić information content (AvgIpc) is 3.71. The second-order valence-corrected chi connectivity index (χ2v) is 12.3. The Morgan fingerprint density at radius 3 is 2.57 bits per heavy atom. The summed E-state index contributed by atoms with van der Waals surface area (Å²) in [5.74, 6) is -2.00. The summed E-state index contributed by atoms with van der Waals surface area (Å²) >= 11 is 0. The summed E-state index contributed by atoms with van der Waals surface area (Å²) in [4.78, 5) is 69.5. The molecule has 0 bridgehead atoms. The van der Waals surface area contributed by atoms with Gasteiger partial charge < -0.3 is 30.3 Å². The molecule has 0 unspecified atom stereocenters. The molecule has 2 aliphatic rings. The molecular weight excluding hydrogens is 595 g/mol.